The van der Waals surface area contributed by atoms with E-state index in [0.29, 0.717) is 12.5 Å². The highest BCUT2D eigenvalue weighted by Gasteiger charge is 2.11. The lowest BCUT2D eigenvalue weighted by Gasteiger charge is -2.12. The molecule has 0 fully saturated rings. The van der Waals surface area contributed by atoms with Crippen LogP contribution in [0.15, 0.2) is 30.3 Å². The number of rotatable bonds is 5. The molecule has 4 nitrogen and oxygen atoms in total. The van der Waals surface area contributed by atoms with Crippen LogP contribution < -0.4 is 5.32 Å². The van der Waals surface area contributed by atoms with Crippen molar-refractivity contribution in [3.63, 3.8) is 0 Å². The van der Waals surface area contributed by atoms with E-state index in [0.717, 1.165) is 28.5 Å². The topological polar surface area (TPSA) is 47.0 Å². The van der Waals surface area contributed by atoms with Gasteiger partial charge in [-0.2, -0.15) is 0 Å². The van der Waals surface area contributed by atoms with Gasteiger partial charge in [0.25, 0.3) is 0 Å². The molecule has 20 heavy (non-hydrogen) atoms. The fourth-order valence-electron chi connectivity index (χ4n) is 2.03. The van der Waals surface area contributed by atoms with Crippen molar-refractivity contribution in [1.82, 2.24) is 9.97 Å². The van der Waals surface area contributed by atoms with Gasteiger partial charge in [0.1, 0.15) is 5.82 Å². The second-order valence-electron chi connectivity index (χ2n) is 5.00. The first-order chi connectivity index (χ1) is 9.65. The summed E-state index contributed by atoms with van der Waals surface area (Å²) in [5.41, 5.74) is 3.15. The molecule has 0 aliphatic carbocycles. The minimum absolute atomic E-state index is 0.360. The van der Waals surface area contributed by atoms with Gasteiger partial charge < -0.3 is 10.1 Å². The predicted molar refractivity (Wildman–Crippen MR) is 81.8 cm³/mol. The molecule has 0 amide bonds. The van der Waals surface area contributed by atoms with Crippen molar-refractivity contribution < 1.29 is 4.74 Å². The average Bonchev–Trinajstić information content (AvgIpc) is 2.47. The Bertz CT molecular complexity index is 582. The van der Waals surface area contributed by atoms with Gasteiger partial charge in [0.15, 0.2) is 5.82 Å². The first-order valence-corrected chi connectivity index (χ1v) is 6.79. The largest absolute Gasteiger partial charge is 0.380 e. The molecule has 2 aromatic rings. The molecule has 0 aliphatic heterocycles. The standard InChI is InChI=1S/C16H21N3O/c1-11(2)14-9-15(17-3)19-16(18-14)13-8-6-5-7-12(13)10-20-4/h5-9,11H,10H2,1-4H3,(H,17,18,19). The third-order valence-corrected chi connectivity index (χ3v) is 3.15. The zero-order valence-electron chi connectivity index (χ0n) is 12.5. The molecule has 0 unspecified atom stereocenters. The number of anilines is 1. The molecule has 1 heterocycles. The number of methoxy groups -OCH3 is 1. The third kappa shape index (κ3) is 3.14. The summed E-state index contributed by atoms with van der Waals surface area (Å²) in [6.45, 7) is 4.82. The quantitative estimate of drug-likeness (QED) is 0.904. The Morgan fingerprint density at radius 1 is 1.20 bits per heavy atom. The third-order valence-electron chi connectivity index (χ3n) is 3.15. The van der Waals surface area contributed by atoms with Crippen LogP contribution in [0, 0.1) is 0 Å². The van der Waals surface area contributed by atoms with E-state index in [1.165, 1.54) is 0 Å². The molecule has 0 aliphatic rings. The molecule has 0 atom stereocenters. The van der Waals surface area contributed by atoms with Gasteiger partial charge in [0.05, 0.1) is 6.61 Å². The highest BCUT2D eigenvalue weighted by molar-refractivity contribution is 5.62. The summed E-state index contributed by atoms with van der Waals surface area (Å²) < 4.78 is 5.25. The summed E-state index contributed by atoms with van der Waals surface area (Å²) in [7, 11) is 3.57. The summed E-state index contributed by atoms with van der Waals surface area (Å²) >= 11 is 0. The van der Waals surface area contributed by atoms with Crippen molar-refractivity contribution in [3.8, 4) is 11.4 Å². The van der Waals surface area contributed by atoms with Crippen molar-refractivity contribution >= 4 is 5.82 Å². The monoisotopic (exact) mass is 271 g/mol. The fourth-order valence-corrected chi connectivity index (χ4v) is 2.03. The Balaban J connectivity index is 2.54. The van der Waals surface area contributed by atoms with Gasteiger partial charge in [0, 0.05) is 31.5 Å². The summed E-state index contributed by atoms with van der Waals surface area (Å²) in [4.78, 5) is 9.26. The normalized spacial score (nSPS) is 10.8. The number of hydrogen-bond donors (Lipinski definition) is 1. The number of nitrogens with zero attached hydrogens (tertiary/aromatic N) is 2. The van der Waals surface area contributed by atoms with Crippen molar-refractivity contribution in [2.75, 3.05) is 19.5 Å². The van der Waals surface area contributed by atoms with Crippen LogP contribution in [0.4, 0.5) is 5.82 Å². The number of nitrogens with one attached hydrogen (secondary N) is 1. The zero-order valence-corrected chi connectivity index (χ0v) is 12.5. The first-order valence-electron chi connectivity index (χ1n) is 6.79. The Morgan fingerprint density at radius 2 is 1.95 bits per heavy atom. The smallest absolute Gasteiger partial charge is 0.162 e. The highest BCUT2D eigenvalue weighted by Crippen LogP contribution is 2.25. The Kier molecular flexibility index (Phi) is 4.69. The van der Waals surface area contributed by atoms with E-state index in [1.54, 1.807) is 7.11 Å². The SMILES string of the molecule is CNc1cc(C(C)C)nc(-c2ccccc2COC)n1. The van der Waals surface area contributed by atoms with Crippen molar-refractivity contribution in [3.05, 3.63) is 41.6 Å². The molecule has 106 valence electrons. The van der Waals surface area contributed by atoms with Gasteiger partial charge in [-0.3, -0.25) is 0 Å². The van der Waals surface area contributed by atoms with E-state index < -0.39 is 0 Å². The molecule has 1 N–H and O–H groups in total. The molecule has 4 heteroatoms. The van der Waals surface area contributed by atoms with Crippen LogP contribution in [0.1, 0.15) is 31.0 Å². The van der Waals surface area contributed by atoms with Crippen molar-refractivity contribution in [1.29, 1.82) is 0 Å². The minimum atomic E-state index is 0.360. The van der Waals surface area contributed by atoms with Crippen LogP contribution in [-0.2, 0) is 11.3 Å². The average molecular weight is 271 g/mol. The number of hydrogen-bond acceptors (Lipinski definition) is 4. The summed E-state index contributed by atoms with van der Waals surface area (Å²) in [5, 5.41) is 3.10. The fraction of sp³-hybridized carbons (Fsp3) is 0.375. The molecular weight excluding hydrogens is 250 g/mol. The van der Waals surface area contributed by atoms with Gasteiger partial charge in [-0.1, -0.05) is 38.1 Å². The molecule has 1 aromatic heterocycles. The van der Waals surface area contributed by atoms with Crippen LogP contribution >= 0.6 is 0 Å². The van der Waals surface area contributed by atoms with E-state index in [2.05, 4.69) is 29.1 Å². The van der Waals surface area contributed by atoms with Crippen molar-refractivity contribution in [2.45, 2.75) is 26.4 Å². The molecule has 2 rings (SSSR count). The van der Waals surface area contributed by atoms with E-state index in [-0.39, 0.29) is 0 Å². The lowest BCUT2D eigenvalue weighted by molar-refractivity contribution is 0.185. The molecule has 0 bridgehead atoms. The van der Waals surface area contributed by atoms with E-state index in [4.69, 9.17) is 4.74 Å². The summed E-state index contributed by atoms with van der Waals surface area (Å²) in [6, 6.07) is 10.1. The van der Waals surface area contributed by atoms with E-state index in [1.807, 2.05) is 37.4 Å². The Labute approximate surface area is 120 Å². The van der Waals surface area contributed by atoms with Crippen molar-refractivity contribution in [2.24, 2.45) is 0 Å². The molecule has 0 radical (unpaired) electrons. The second kappa shape index (κ2) is 6.48. The van der Waals surface area contributed by atoms with Crippen LogP contribution in [0.25, 0.3) is 11.4 Å². The van der Waals surface area contributed by atoms with Crippen LogP contribution in [-0.4, -0.2) is 24.1 Å². The lowest BCUT2D eigenvalue weighted by Crippen LogP contribution is -2.03. The van der Waals surface area contributed by atoms with Crippen LogP contribution in [0.3, 0.4) is 0 Å². The first kappa shape index (κ1) is 14.5. The van der Waals surface area contributed by atoms with E-state index >= 15 is 0 Å². The summed E-state index contributed by atoms with van der Waals surface area (Å²) in [6.07, 6.45) is 0. The van der Waals surface area contributed by atoms with Gasteiger partial charge in [0.2, 0.25) is 0 Å². The molecule has 1 aromatic carbocycles. The zero-order chi connectivity index (χ0) is 14.5. The molecular formula is C16H21N3O. The van der Waals surface area contributed by atoms with Gasteiger partial charge >= 0.3 is 0 Å². The molecule has 0 spiro atoms. The molecule has 0 saturated carbocycles. The maximum Gasteiger partial charge on any atom is 0.162 e. The maximum atomic E-state index is 5.25. The Hall–Kier alpha value is -1.94. The van der Waals surface area contributed by atoms with Crippen LogP contribution in [0.2, 0.25) is 0 Å². The predicted octanol–water partition coefficient (Wildman–Crippen LogP) is 3.46. The van der Waals surface area contributed by atoms with Gasteiger partial charge in [-0.25, -0.2) is 9.97 Å². The highest BCUT2D eigenvalue weighted by atomic mass is 16.5. The number of aromatic nitrogens is 2. The molecule has 0 saturated heterocycles. The maximum absolute atomic E-state index is 5.25. The number of ether oxygens (including phenoxy) is 1. The number of benzene rings is 1. The van der Waals surface area contributed by atoms with Gasteiger partial charge in [-0.05, 0) is 11.5 Å². The Morgan fingerprint density at radius 3 is 2.60 bits per heavy atom. The summed E-state index contributed by atoms with van der Waals surface area (Å²) in [5.74, 6) is 1.94. The van der Waals surface area contributed by atoms with E-state index in [9.17, 15) is 0 Å². The minimum Gasteiger partial charge on any atom is -0.380 e. The van der Waals surface area contributed by atoms with Gasteiger partial charge in [-0.15, -0.1) is 0 Å². The van der Waals surface area contributed by atoms with Crippen LogP contribution in [0.5, 0.6) is 0 Å². The lowest BCUT2D eigenvalue weighted by atomic mass is 10.1. The second-order valence-corrected chi connectivity index (χ2v) is 5.00.